The number of nitrogens with two attached hydrogens (primary N) is 1. The van der Waals surface area contributed by atoms with E-state index in [1.54, 1.807) is 12.1 Å². The first-order valence-electron chi connectivity index (χ1n) is 5.69. The van der Waals surface area contributed by atoms with Gasteiger partial charge in [-0.15, -0.1) is 0 Å². The van der Waals surface area contributed by atoms with Crippen LogP contribution in [0, 0.1) is 18.7 Å². The highest BCUT2D eigenvalue weighted by molar-refractivity contribution is 5.29. The van der Waals surface area contributed by atoms with Crippen LogP contribution in [0.1, 0.15) is 25.8 Å². The molecule has 2 N–H and O–H groups in total. The van der Waals surface area contributed by atoms with Crippen molar-refractivity contribution < 1.29 is 9.13 Å². The minimum atomic E-state index is -0.332. The Hall–Kier alpha value is -1.09. The number of benzene rings is 1. The van der Waals surface area contributed by atoms with Crippen molar-refractivity contribution in [3.63, 3.8) is 0 Å². The lowest BCUT2D eigenvalue weighted by Gasteiger charge is -2.19. The van der Waals surface area contributed by atoms with Crippen molar-refractivity contribution in [1.29, 1.82) is 0 Å². The van der Waals surface area contributed by atoms with Gasteiger partial charge in [0.1, 0.15) is 6.61 Å². The van der Waals surface area contributed by atoms with Gasteiger partial charge in [0.2, 0.25) is 0 Å². The van der Waals surface area contributed by atoms with Gasteiger partial charge in [-0.05, 0) is 30.5 Å². The molecule has 90 valence electrons. The summed E-state index contributed by atoms with van der Waals surface area (Å²) >= 11 is 0. The van der Waals surface area contributed by atoms with Crippen molar-refractivity contribution in [3.8, 4) is 5.75 Å². The average molecular weight is 225 g/mol. The number of halogens is 1. The molecule has 0 saturated carbocycles. The average Bonchev–Trinajstić information content (AvgIpc) is 2.28. The topological polar surface area (TPSA) is 35.2 Å². The molecule has 1 rings (SSSR count). The fourth-order valence-electron chi connectivity index (χ4n) is 1.37. The van der Waals surface area contributed by atoms with Gasteiger partial charge in [0.05, 0.1) is 0 Å². The summed E-state index contributed by atoms with van der Waals surface area (Å²) in [6.07, 6.45) is 1.00. The summed E-state index contributed by atoms with van der Waals surface area (Å²) in [6, 6.07) is 4.78. The standard InChI is InChI=1S/C13H20FNO/c1-4-10(3)12(15)8-16-13-7-9(2)5-6-11(13)14/h5-7,10,12H,4,8,15H2,1-3H3. The third kappa shape index (κ3) is 3.49. The van der Waals surface area contributed by atoms with Crippen LogP contribution in [0.5, 0.6) is 5.75 Å². The lowest BCUT2D eigenvalue weighted by Crippen LogP contribution is -2.34. The maximum Gasteiger partial charge on any atom is 0.165 e. The van der Waals surface area contributed by atoms with E-state index in [0.717, 1.165) is 12.0 Å². The monoisotopic (exact) mass is 225 g/mol. The first kappa shape index (κ1) is 13.0. The predicted octanol–water partition coefficient (Wildman–Crippen LogP) is 2.89. The summed E-state index contributed by atoms with van der Waals surface area (Å²) in [5.41, 5.74) is 6.90. The second-order valence-corrected chi connectivity index (χ2v) is 4.29. The van der Waals surface area contributed by atoms with Gasteiger partial charge in [0.25, 0.3) is 0 Å². The molecule has 0 bridgehead atoms. The molecule has 2 nitrogen and oxygen atoms in total. The molecule has 1 aromatic rings. The van der Waals surface area contributed by atoms with Gasteiger partial charge in [-0.1, -0.05) is 26.3 Å². The number of hydrogen-bond donors (Lipinski definition) is 1. The quantitative estimate of drug-likeness (QED) is 0.836. The van der Waals surface area contributed by atoms with Gasteiger partial charge in [0, 0.05) is 6.04 Å². The first-order valence-corrected chi connectivity index (χ1v) is 5.69. The van der Waals surface area contributed by atoms with Crippen molar-refractivity contribution in [2.24, 2.45) is 11.7 Å². The van der Waals surface area contributed by atoms with E-state index in [1.807, 2.05) is 6.92 Å². The summed E-state index contributed by atoms with van der Waals surface area (Å²) in [7, 11) is 0. The van der Waals surface area contributed by atoms with E-state index >= 15 is 0 Å². The molecule has 0 aromatic heterocycles. The van der Waals surface area contributed by atoms with Gasteiger partial charge in [-0.25, -0.2) is 4.39 Å². The molecule has 0 heterocycles. The van der Waals surface area contributed by atoms with E-state index in [9.17, 15) is 4.39 Å². The highest BCUT2D eigenvalue weighted by Gasteiger charge is 2.12. The maximum atomic E-state index is 13.3. The number of aryl methyl sites for hydroxylation is 1. The smallest absolute Gasteiger partial charge is 0.165 e. The van der Waals surface area contributed by atoms with Gasteiger partial charge in [0.15, 0.2) is 11.6 Å². The van der Waals surface area contributed by atoms with Crippen LogP contribution in [0.15, 0.2) is 18.2 Å². The molecule has 0 fully saturated rings. The number of ether oxygens (including phenoxy) is 1. The third-order valence-corrected chi connectivity index (χ3v) is 2.89. The minimum Gasteiger partial charge on any atom is -0.489 e. The van der Waals surface area contributed by atoms with E-state index in [2.05, 4.69) is 13.8 Å². The molecular formula is C13H20FNO. The Morgan fingerprint density at radius 3 is 2.75 bits per heavy atom. The molecule has 0 aliphatic heterocycles. The minimum absolute atomic E-state index is 0.0510. The van der Waals surface area contributed by atoms with Gasteiger partial charge in [-0.3, -0.25) is 0 Å². The largest absolute Gasteiger partial charge is 0.489 e. The van der Waals surface area contributed by atoms with Gasteiger partial charge < -0.3 is 10.5 Å². The van der Waals surface area contributed by atoms with Crippen molar-refractivity contribution in [2.75, 3.05) is 6.61 Å². The Bertz CT molecular complexity index is 341. The molecule has 0 aliphatic rings. The van der Waals surface area contributed by atoms with Crippen molar-refractivity contribution in [3.05, 3.63) is 29.6 Å². The van der Waals surface area contributed by atoms with E-state index < -0.39 is 0 Å². The lowest BCUT2D eigenvalue weighted by atomic mass is 10.0. The van der Waals surface area contributed by atoms with Crippen LogP contribution >= 0.6 is 0 Å². The van der Waals surface area contributed by atoms with Crippen molar-refractivity contribution >= 4 is 0 Å². The molecule has 0 radical (unpaired) electrons. The SMILES string of the molecule is CCC(C)C(N)COc1cc(C)ccc1F. The Labute approximate surface area is 96.6 Å². The Balaban J connectivity index is 2.57. The van der Waals surface area contributed by atoms with Crippen LogP contribution < -0.4 is 10.5 Å². The van der Waals surface area contributed by atoms with Crippen LogP contribution in [0.2, 0.25) is 0 Å². The molecule has 0 aliphatic carbocycles. The summed E-state index contributed by atoms with van der Waals surface area (Å²) in [6.45, 7) is 6.41. The summed E-state index contributed by atoms with van der Waals surface area (Å²) in [5.74, 6) is 0.341. The zero-order chi connectivity index (χ0) is 12.1. The molecule has 0 amide bonds. The molecule has 0 saturated heterocycles. The summed E-state index contributed by atoms with van der Waals surface area (Å²) in [5, 5.41) is 0. The highest BCUT2D eigenvalue weighted by atomic mass is 19.1. The Morgan fingerprint density at radius 1 is 1.44 bits per heavy atom. The zero-order valence-electron chi connectivity index (χ0n) is 10.2. The summed E-state index contributed by atoms with van der Waals surface area (Å²) in [4.78, 5) is 0. The van der Waals surface area contributed by atoms with Crippen LogP contribution in [-0.4, -0.2) is 12.6 Å². The molecule has 3 heteroatoms. The van der Waals surface area contributed by atoms with Crippen molar-refractivity contribution in [1.82, 2.24) is 0 Å². The second kappa shape index (κ2) is 5.85. The second-order valence-electron chi connectivity index (χ2n) is 4.29. The number of hydrogen-bond acceptors (Lipinski definition) is 2. The van der Waals surface area contributed by atoms with Crippen LogP contribution in [0.25, 0.3) is 0 Å². The molecule has 2 unspecified atom stereocenters. The zero-order valence-corrected chi connectivity index (χ0v) is 10.2. The molecule has 16 heavy (non-hydrogen) atoms. The Morgan fingerprint density at radius 2 is 2.12 bits per heavy atom. The molecule has 0 spiro atoms. The highest BCUT2D eigenvalue weighted by Crippen LogP contribution is 2.19. The fraction of sp³-hybridized carbons (Fsp3) is 0.538. The number of rotatable bonds is 5. The predicted molar refractivity (Wildman–Crippen MR) is 64.1 cm³/mol. The first-order chi connectivity index (χ1) is 7.54. The van der Waals surface area contributed by atoms with Crippen LogP contribution in [0.3, 0.4) is 0 Å². The molecule has 1 aromatic carbocycles. The summed E-state index contributed by atoms with van der Waals surface area (Å²) < 4.78 is 18.7. The van der Waals surface area contributed by atoms with Gasteiger partial charge in [-0.2, -0.15) is 0 Å². The normalized spacial score (nSPS) is 14.6. The fourth-order valence-corrected chi connectivity index (χ4v) is 1.37. The van der Waals surface area contributed by atoms with E-state index in [4.69, 9.17) is 10.5 Å². The van der Waals surface area contributed by atoms with E-state index in [0.29, 0.717) is 18.3 Å². The van der Waals surface area contributed by atoms with Crippen LogP contribution in [-0.2, 0) is 0 Å². The maximum absolute atomic E-state index is 13.3. The van der Waals surface area contributed by atoms with E-state index in [1.165, 1.54) is 6.07 Å². The van der Waals surface area contributed by atoms with Gasteiger partial charge >= 0.3 is 0 Å². The molecular weight excluding hydrogens is 205 g/mol. The Kier molecular flexibility index (Phi) is 4.74. The van der Waals surface area contributed by atoms with E-state index in [-0.39, 0.29) is 11.9 Å². The van der Waals surface area contributed by atoms with Crippen LogP contribution in [0.4, 0.5) is 4.39 Å². The third-order valence-electron chi connectivity index (χ3n) is 2.89. The van der Waals surface area contributed by atoms with Crippen molar-refractivity contribution in [2.45, 2.75) is 33.2 Å². The molecule has 2 atom stereocenters. The lowest BCUT2D eigenvalue weighted by molar-refractivity contribution is 0.241.